The molecule has 0 aliphatic carbocycles. The van der Waals surface area contributed by atoms with Crippen molar-refractivity contribution in [1.29, 1.82) is 0 Å². The fraction of sp³-hybridized carbons (Fsp3) is 0.161. The second-order valence-corrected chi connectivity index (χ2v) is 16.8. The molecule has 83 heavy (non-hydrogen) atoms. The van der Waals surface area contributed by atoms with Gasteiger partial charge in [0.2, 0.25) is 47.4 Å². The summed E-state index contributed by atoms with van der Waals surface area (Å²) < 4.78 is 35.5. The molecule has 3 atom stereocenters. The van der Waals surface area contributed by atoms with E-state index in [4.69, 9.17) is 37.8 Å². The van der Waals surface area contributed by atoms with Gasteiger partial charge in [-0.05, 0) is 42.8 Å². The number of benzene rings is 6. The number of aliphatic carboxylic acids is 1. The van der Waals surface area contributed by atoms with Crippen LogP contribution in [0.5, 0.6) is 11.5 Å². The van der Waals surface area contributed by atoms with Gasteiger partial charge in [-0.1, -0.05) is 170 Å². The van der Waals surface area contributed by atoms with E-state index < -0.39 is 40.7 Å². The molecule has 9 rings (SSSR count). The molecule has 0 fully saturated rings. The van der Waals surface area contributed by atoms with Crippen LogP contribution in [0.15, 0.2) is 177 Å². The van der Waals surface area contributed by atoms with Gasteiger partial charge in [-0.25, -0.2) is 14.4 Å². The molecule has 0 saturated carbocycles. The van der Waals surface area contributed by atoms with E-state index in [1.807, 2.05) is 79.7 Å². The Morgan fingerprint density at radius 3 is 1.27 bits per heavy atom. The number of hydrogen-bond donors (Lipinski definition) is 1. The second kappa shape index (κ2) is 42.2. The van der Waals surface area contributed by atoms with Crippen molar-refractivity contribution >= 4 is 46.1 Å². The van der Waals surface area contributed by atoms with Crippen LogP contribution in [-0.4, -0.2) is 85.4 Å². The summed E-state index contributed by atoms with van der Waals surface area (Å²) in [7, 11) is 2.52. The molecule has 6 aromatic carbocycles. The zero-order chi connectivity index (χ0) is 56.4. The van der Waals surface area contributed by atoms with Gasteiger partial charge in [0.1, 0.15) is 16.3 Å². The Kier molecular flexibility index (Phi) is 39.8. The van der Waals surface area contributed by atoms with Crippen LogP contribution in [0.3, 0.4) is 0 Å². The molecule has 3 unspecified atom stereocenters. The van der Waals surface area contributed by atoms with Gasteiger partial charge in [0.25, 0.3) is 12.3 Å². The molecular formula is C56H53BrCs2FN6NaO16. The zero-order valence-electron chi connectivity index (χ0n) is 47.5. The summed E-state index contributed by atoms with van der Waals surface area (Å²) in [5.74, 6) is 1.04. The number of aryl methyl sites for hydroxylation is 4. The Labute approximate surface area is 625 Å². The number of esters is 2. The Bertz CT molecular complexity index is 3360. The molecule has 420 valence electrons. The van der Waals surface area contributed by atoms with Crippen LogP contribution in [0.4, 0.5) is 4.70 Å². The van der Waals surface area contributed by atoms with E-state index in [1.165, 1.54) is 19.8 Å². The number of carbonyl (C=O) groups is 5. The number of aromatic nitrogens is 6. The second-order valence-electron chi connectivity index (χ2n) is 15.8. The molecule has 0 aliphatic heterocycles. The number of carboxylic acid groups (broad SMARTS) is 1. The molecule has 2 N–H and O–H groups in total. The summed E-state index contributed by atoms with van der Waals surface area (Å²) in [5.41, 5.74) is 5.64. The van der Waals surface area contributed by atoms with Gasteiger partial charge in [0.05, 0.1) is 14.2 Å². The SMILES string of the molecule is COC(=O)C(=O)C(Br)c1ccccc1.COC(=O)C(Oc1cccc(-c2noc(C)n2)c1)c1ccccc1.Cc1cccc(-c2noc(C)n2)c1.Cc1nc(-c2cccc(OC(C(=O)O)c3ccccc3)c2)no1.F.O=CO[O-].[Cs+].[Cs+].[H-].[Na+].[OH-]. The molecule has 0 saturated heterocycles. The van der Waals surface area contributed by atoms with Crippen molar-refractivity contribution in [2.24, 2.45) is 0 Å². The number of rotatable bonds is 15. The molecule has 0 radical (unpaired) electrons. The molecular weight excluding hydrogens is 1400 g/mol. The minimum atomic E-state index is -1.08. The molecule has 22 nitrogen and oxygen atoms in total. The first-order chi connectivity index (χ1) is 37.6. The number of hydrogen-bond acceptors (Lipinski definition) is 21. The topological polar surface area (TPSA) is 322 Å². The Balaban J connectivity index is 0. The molecule has 9 aromatic rings. The average Bonchev–Trinajstić information content (AvgIpc) is 4.36. The molecule has 0 aliphatic rings. The number of alkyl halides is 1. The van der Waals surface area contributed by atoms with Crippen LogP contribution < -0.4 is 182 Å². The van der Waals surface area contributed by atoms with Crippen LogP contribution in [-0.2, 0) is 38.3 Å². The molecule has 27 heteroatoms. The number of Topliss-reactive ketones (excluding diaryl/α,β-unsaturated/α-hetero) is 1. The normalized spacial score (nSPS) is 10.6. The van der Waals surface area contributed by atoms with Crippen molar-refractivity contribution in [3.63, 3.8) is 0 Å². The molecule has 3 aromatic heterocycles. The summed E-state index contributed by atoms with van der Waals surface area (Å²) in [4.78, 5) is 69.0. The van der Waals surface area contributed by atoms with Crippen LogP contribution in [0.25, 0.3) is 34.2 Å². The van der Waals surface area contributed by atoms with E-state index in [0.717, 1.165) is 16.7 Å². The monoisotopic (exact) mass is 1450 g/mol. The van der Waals surface area contributed by atoms with Crippen LogP contribution in [0, 0.1) is 27.7 Å². The smallest absolute Gasteiger partial charge is 1.00 e. The first kappa shape index (κ1) is 78.3. The maximum atomic E-state index is 12.1. The number of ketones is 1. The van der Waals surface area contributed by atoms with E-state index in [1.54, 1.807) is 112 Å². The van der Waals surface area contributed by atoms with Crippen molar-refractivity contribution in [2.75, 3.05) is 14.2 Å². The number of nitrogens with zero attached hydrogens (tertiary/aromatic N) is 6. The van der Waals surface area contributed by atoms with Gasteiger partial charge in [0, 0.05) is 48.6 Å². The average molecular weight is 1450 g/mol. The zero-order valence-corrected chi connectivity index (χ0v) is 62.6. The van der Waals surface area contributed by atoms with Crippen LogP contribution >= 0.6 is 15.9 Å². The third kappa shape index (κ3) is 26.2. The van der Waals surface area contributed by atoms with Crippen molar-refractivity contribution in [1.82, 2.24) is 30.4 Å². The number of ether oxygens (including phenoxy) is 4. The van der Waals surface area contributed by atoms with Crippen molar-refractivity contribution < 1.29 is 251 Å². The predicted molar refractivity (Wildman–Crippen MR) is 285 cm³/mol. The fourth-order valence-electron chi connectivity index (χ4n) is 6.58. The Morgan fingerprint density at radius 1 is 0.566 bits per heavy atom. The summed E-state index contributed by atoms with van der Waals surface area (Å²) in [6.45, 7) is 7.06. The molecule has 3 heterocycles. The summed E-state index contributed by atoms with van der Waals surface area (Å²) in [6, 6.07) is 49.0. The van der Waals surface area contributed by atoms with E-state index in [2.05, 4.69) is 56.0 Å². The minimum Gasteiger partial charge on any atom is -1.00 e. The number of carboxylic acids is 1. The standard InChI is InChI=1S/C18H16N2O4.C17H14N2O4.C10H9BrO3.C10H10N2O.CH2O3.2Cs.FH.Na.H2O.H/c1-12-19-17(20-24-12)14-9-6-10-15(11-14)23-16(18(21)22-2)13-7-4-3-5-8-13;1-11-18-16(19-23-11)13-8-5-9-14(10-13)22-15(17(20)21)12-6-3-2-4-7-12;1-14-10(13)9(12)8(11)7-5-3-2-4-6-7;1-7-4-3-5-9(6-7)10-11-8(2)13-12-10;2-1-4-3;;;;;;/h3-11,16H,1-2H3;2-10,15H,1H3,(H,20,21);2-6,8H,1H3;3-6H,1-2H3;1,3H;;;1H;;1H2;/q;;;;;2*+1;;+1;;-1/p-2. The van der Waals surface area contributed by atoms with E-state index >= 15 is 0 Å². The predicted octanol–water partition coefficient (Wildman–Crippen LogP) is 0.341. The van der Waals surface area contributed by atoms with Gasteiger partial charge in [-0.3, -0.25) is 14.3 Å². The third-order valence-corrected chi connectivity index (χ3v) is 11.1. The van der Waals surface area contributed by atoms with E-state index in [0.29, 0.717) is 63.3 Å². The van der Waals surface area contributed by atoms with Crippen molar-refractivity contribution in [3.05, 3.63) is 204 Å². The van der Waals surface area contributed by atoms with Gasteiger partial charge in [-0.15, -0.1) is 0 Å². The molecule has 0 amide bonds. The summed E-state index contributed by atoms with van der Waals surface area (Å²) in [6.07, 6.45) is -1.93. The van der Waals surface area contributed by atoms with Gasteiger partial charge >= 0.3 is 185 Å². The Hall–Kier alpha value is -4.68. The van der Waals surface area contributed by atoms with Crippen LogP contribution in [0.2, 0.25) is 0 Å². The maximum Gasteiger partial charge on any atom is 1.00 e. The van der Waals surface area contributed by atoms with Gasteiger partial charge < -0.3 is 54.7 Å². The third-order valence-electron chi connectivity index (χ3n) is 10.1. The molecule has 0 spiro atoms. The van der Waals surface area contributed by atoms with E-state index in [9.17, 15) is 24.3 Å². The van der Waals surface area contributed by atoms with Gasteiger partial charge in [-0.2, -0.15) is 15.0 Å². The number of methoxy groups -OCH3 is 2. The van der Waals surface area contributed by atoms with Gasteiger partial charge in [0.15, 0.2) is 0 Å². The van der Waals surface area contributed by atoms with Crippen molar-refractivity contribution in [3.8, 4) is 45.7 Å². The largest absolute Gasteiger partial charge is 1.00 e. The van der Waals surface area contributed by atoms with Crippen LogP contribution in [0.1, 0.15) is 58.4 Å². The molecule has 0 bridgehead atoms. The minimum absolute atomic E-state index is 0. The maximum absolute atomic E-state index is 12.1. The number of carbonyl (C=O) groups excluding carboxylic acids is 4. The van der Waals surface area contributed by atoms with Crippen molar-refractivity contribution in [2.45, 2.75) is 44.7 Å². The fourth-order valence-corrected chi connectivity index (χ4v) is 7.07. The Morgan fingerprint density at radius 2 is 0.928 bits per heavy atom. The summed E-state index contributed by atoms with van der Waals surface area (Å²) >= 11 is 3.14. The summed E-state index contributed by atoms with van der Waals surface area (Å²) in [5, 5.41) is 29.4. The van der Waals surface area contributed by atoms with E-state index in [-0.39, 0.29) is 185 Å². The quantitative estimate of drug-likeness (QED) is 0.0275. The first-order valence-corrected chi connectivity index (χ1v) is 24.0. The first-order valence-electron chi connectivity index (χ1n) is 23.1. The number of halogens is 2.